The van der Waals surface area contributed by atoms with E-state index in [9.17, 15) is 26.7 Å². The number of sulfone groups is 1. The van der Waals surface area contributed by atoms with Crippen LogP contribution in [-0.4, -0.2) is 25.6 Å². The maximum absolute atomic E-state index is 12.9. The molecular formula is C16H11F3O4S. The molecule has 2 aromatic rings. The standard InChI is InChI=1S/C16H11F3O4S/c17-16(18,19)24(21,22)15-4-2-1-3-13(15)11-7-10-8-12(20)5-6-14(10)23-9-11/h1-8,20H,9H2. The minimum absolute atomic E-state index is 0.0361. The molecule has 0 radical (unpaired) electrons. The number of aromatic hydroxyl groups is 1. The van der Waals surface area contributed by atoms with Gasteiger partial charge in [0.15, 0.2) is 0 Å². The van der Waals surface area contributed by atoms with Crippen molar-refractivity contribution in [2.45, 2.75) is 10.4 Å². The maximum Gasteiger partial charge on any atom is 0.501 e. The van der Waals surface area contributed by atoms with Gasteiger partial charge in [0.05, 0.1) is 4.90 Å². The van der Waals surface area contributed by atoms with Gasteiger partial charge in [-0.25, -0.2) is 8.42 Å². The number of benzene rings is 2. The smallest absolute Gasteiger partial charge is 0.501 e. The lowest BCUT2D eigenvalue weighted by Gasteiger charge is -2.20. The van der Waals surface area contributed by atoms with Gasteiger partial charge < -0.3 is 9.84 Å². The number of fused-ring (bicyclic) bond motifs is 1. The Morgan fingerprint density at radius 1 is 1.08 bits per heavy atom. The van der Waals surface area contributed by atoms with E-state index in [2.05, 4.69) is 0 Å². The lowest BCUT2D eigenvalue weighted by molar-refractivity contribution is -0.0436. The number of hydrogen-bond acceptors (Lipinski definition) is 4. The van der Waals surface area contributed by atoms with Crippen molar-refractivity contribution < 1.29 is 31.4 Å². The van der Waals surface area contributed by atoms with E-state index in [1.807, 2.05) is 0 Å². The monoisotopic (exact) mass is 356 g/mol. The van der Waals surface area contributed by atoms with Crippen LogP contribution in [0.3, 0.4) is 0 Å². The number of rotatable bonds is 2. The van der Waals surface area contributed by atoms with Gasteiger partial charge in [-0.2, -0.15) is 13.2 Å². The Morgan fingerprint density at radius 3 is 2.50 bits per heavy atom. The minimum Gasteiger partial charge on any atom is -0.508 e. The summed E-state index contributed by atoms with van der Waals surface area (Å²) < 4.78 is 67.7. The molecule has 1 heterocycles. The highest BCUT2D eigenvalue weighted by Gasteiger charge is 2.48. The topological polar surface area (TPSA) is 63.6 Å². The molecule has 0 saturated heterocycles. The van der Waals surface area contributed by atoms with Crippen LogP contribution in [0.1, 0.15) is 11.1 Å². The first-order valence-corrected chi connectivity index (χ1v) is 8.25. The van der Waals surface area contributed by atoms with Gasteiger partial charge in [-0.15, -0.1) is 0 Å². The molecule has 1 N–H and O–H groups in total. The van der Waals surface area contributed by atoms with Gasteiger partial charge in [-0.1, -0.05) is 18.2 Å². The number of alkyl halides is 3. The minimum atomic E-state index is -5.49. The molecule has 4 nitrogen and oxygen atoms in total. The summed E-state index contributed by atoms with van der Waals surface area (Å²) in [7, 11) is -5.49. The highest BCUT2D eigenvalue weighted by molar-refractivity contribution is 7.92. The van der Waals surface area contributed by atoms with Crippen LogP contribution in [-0.2, 0) is 9.84 Å². The van der Waals surface area contributed by atoms with Crippen molar-refractivity contribution in [2.24, 2.45) is 0 Å². The van der Waals surface area contributed by atoms with E-state index in [1.54, 1.807) is 0 Å². The lowest BCUT2D eigenvalue weighted by Crippen LogP contribution is -2.24. The third-order valence-corrected chi connectivity index (χ3v) is 5.08. The molecule has 1 aliphatic rings. The average molecular weight is 356 g/mol. The molecule has 0 aliphatic carbocycles. The van der Waals surface area contributed by atoms with Gasteiger partial charge in [0.2, 0.25) is 0 Å². The third-order valence-electron chi connectivity index (χ3n) is 3.53. The Labute approximate surface area is 135 Å². The molecule has 0 spiro atoms. The number of phenols is 1. The van der Waals surface area contributed by atoms with Gasteiger partial charge in [0.25, 0.3) is 9.84 Å². The van der Waals surface area contributed by atoms with E-state index in [4.69, 9.17) is 4.74 Å². The average Bonchev–Trinajstić information content (AvgIpc) is 2.53. The number of phenolic OH excluding ortho intramolecular Hbond substituents is 1. The van der Waals surface area contributed by atoms with Crippen LogP contribution in [0.15, 0.2) is 47.4 Å². The summed E-state index contributed by atoms with van der Waals surface area (Å²) in [6.07, 6.45) is 1.50. The van der Waals surface area contributed by atoms with E-state index in [-0.39, 0.29) is 23.5 Å². The second kappa shape index (κ2) is 5.55. The highest BCUT2D eigenvalue weighted by Crippen LogP contribution is 2.38. The van der Waals surface area contributed by atoms with E-state index in [0.29, 0.717) is 11.3 Å². The van der Waals surface area contributed by atoms with Crippen molar-refractivity contribution in [3.63, 3.8) is 0 Å². The fourth-order valence-electron chi connectivity index (χ4n) is 2.41. The fourth-order valence-corrected chi connectivity index (χ4v) is 3.41. The summed E-state index contributed by atoms with van der Waals surface area (Å²) in [4.78, 5) is -0.823. The van der Waals surface area contributed by atoms with Crippen LogP contribution in [0, 0.1) is 0 Å². The van der Waals surface area contributed by atoms with Gasteiger partial charge in [0, 0.05) is 11.1 Å². The molecule has 0 bridgehead atoms. The molecule has 0 fully saturated rings. The maximum atomic E-state index is 12.9. The molecular weight excluding hydrogens is 345 g/mol. The zero-order valence-electron chi connectivity index (χ0n) is 12.0. The Kier molecular flexibility index (Phi) is 3.79. The molecule has 0 saturated carbocycles. The molecule has 0 aromatic heterocycles. The van der Waals surface area contributed by atoms with E-state index in [1.165, 1.54) is 42.5 Å². The number of ether oxygens (including phenoxy) is 1. The SMILES string of the molecule is O=S(=O)(c1ccccc1C1=Cc2cc(O)ccc2OC1)C(F)(F)F. The van der Waals surface area contributed by atoms with Crippen LogP contribution in [0.4, 0.5) is 13.2 Å². The van der Waals surface area contributed by atoms with Crippen LogP contribution < -0.4 is 4.74 Å². The second-order valence-electron chi connectivity index (χ2n) is 5.13. The molecule has 0 atom stereocenters. The van der Waals surface area contributed by atoms with Crippen molar-refractivity contribution >= 4 is 21.5 Å². The van der Waals surface area contributed by atoms with Crippen molar-refractivity contribution in [2.75, 3.05) is 6.61 Å². The summed E-state index contributed by atoms with van der Waals surface area (Å²) in [6.45, 7) is -0.0812. The van der Waals surface area contributed by atoms with Crippen molar-refractivity contribution in [1.82, 2.24) is 0 Å². The largest absolute Gasteiger partial charge is 0.508 e. The number of halogens is 3. The molecule has 8 heteroatoms. The highest BCUT2D eigenvalue weighted by atomic mass is 32.2. The van der Waals surface area contributed by atoms with Crippen LogP contribution in [0.5, 0.6) is 11.5 Å². The molecule has 2 aromatic carbocycles. The first kappa shape index (κ1) is 16.4. The normalized spacial score (nSPS) is 14.5. The van der Waals surface area contributed by atoms with E-state index < -0.39 is 20.2 Å². The Hall–Kier alpha value is -2.48. The Balaban J connectivity index is 2.16. The number of hydrogen-bond donors (Lipinski definition) is 1. The molecule has 1 aliphatic heterocycles. The molecule has 24 heavy (non-hydrogen) atoms. The van der Waals surface area contributed by atoms with Crippen molar-refractivity contribution in [3.05, 3.63) is 53.6 Å². The van der Waals surface area contributed by atoms with Crippen LogP contribution in [0.25, 0.3) is 11.6 Å². The van der Waals surface area contributed by atoms with Crippen LogP contribution >= 0.6 is 0 Å². The van der Waals surface area contributed by atoms with Gasteiger partial charge in [-0.05, 0) is 35.9 Å². The summed E-state index contributed by atoms with van der Waals surface area (Å²) >= 11 is 0. The Morgan fingerprint density at radius 2 is 1.79 bits per heavy atom. The summed E-state index contributed by atoms with van der Waals surface area (Å²) in [6, 6.07) is 9.21. The first-order chi connectivity index (χ1) is 11.2. The van der Waals surface area contributed by atoms with Gasteiger partial charge in [-0.3, -0.25) is 0 Å². The summed E-state index contributed by atoms with van der Waals surface area (Å²) in [5.41, 5.74) is -4.74. The van der Waals surface area contributed by atoms with Crippen LogP contribution in [0.2, 0.25) is 0 Å². The molecule has 0 amide bonds. The predicted molar refractivity (Wildman–Crippen MR) is 81.2 cm³/mol. The zero-order valence-corrected chi connectivity index (χ0v) is 12.9. The first-order valence-electron chi connectivity index (χ1n) is 6.77. The van der Waals surface area contributed by atoms with Crippen molar-refractivity contribution in [3.8, 4) is 11.5 Å². The lowest BCUT2D eigenvalue weighted by atomic mass is 10.0. The zero-order chi connectivity index (χ0) is 17.5. The third kappa shape index (κ3) is 2.73. The quantitative estimate of drug-likeness (QED) is 0.893. The van der Waals surface area contributed by atoms with Gasteiger partial charge >= 0.3 is 5.51 Å². The molecule has 3 rings (SSSR count). The van der Waals surface area contributed by atoms with Crippen molar-refractivity contribution in [1.29, 1.82) is 0 Å². The van der Waals surface area contributed by atoms with E-state index >= 15 is 0 Å². The molecule has 126 valence electrons. The molecule has 0 unspecified atom stereocenters. The summed E-state index contributed by atoms with van der Waals surface area (Å²) in [5, 5.41) is 9.51. The Bertz CT molecular complexity index is 931. The van der Waals surface area contributed by atoms with Gasteiger partial charge in [0.1, 0.15) is 18.1 Å². The summed E-state index contributed by atoms with van der Waals surface area (Å²) in [5.74, 6) is 0.416. The van der Waals surface area contributed by atoms with E-state index in [0.717, 1.165) is 6.07 Å². The fraction of sp³-hybridized carbons (Fsp3) is 0.125. The second-order valence-corrected chi connectivity index (χ2v) is 7.04. The predicted octanol–water partition coefficient (Wildman–Crippen LogP) is 3.62.